The Bertz CT molecular complexity index is 111. The van der Waals surface area contributed by atoms with E-state index in [9.17, 15) is 0 Å². The highest BCUT2D eigenvalue weighted by Gasteiger charge is 2.20. The first-order valence-corrected chi connectivity index (χ1v) is 3.81. The van der Waals surface area contributed by atoms with Crippen molar-refractivity contribution in [3.63, 3.8) is 0 Å². The summed E-state index contributed by atoms with van der Waals surface area (Å²) in [5.41, 5.74) is -0.0913. The van der Waals surface area contributed by atoms with Crippen molar-refractivity contribution in [1.82, 2.24) is 0 Å². The first-order valence-electron chi connectivity index (χ1n) is 3.81. The average molecular weight is 159 g/mol. The Hall–Kier alpha value is -0.120. The third kappa shape index (κ3) is 3.70. The van der Waals surface area contributed by atoms with Gasteiger partial charge < -0.3 is 14.2 Å². The lowest BCUT2D eigenvalue weighted by molar-refractivity contribution is -0.0454. The van der Waals surface area contributed by atoms with Crippen LogP contribution in [-0.4, -0.2) is 24.9 Å². The predicted molar refractivity (Wildman–Crippen MR) is 40.8 cm³/mol. The summed E-state index contributed by atoms with van der Waals surface area (Å²) in [6.07, 6.45) is 0.0780. The first kappa shape index (κ1) is 8.97. The molecule has 1 radical (unpaired) electrons. The van der Waals surface area contributed by atoms with Gasteiger partial charge in [0.15, 0.2) is 0 Å². The summed E-state index contributed by atoms with van der Waals surface area (Å²) in [7, 11) is 0. The SMILES string of the molecule is CC(C)(C)OCC1CO[CH]O1. The van der Waals surface area contributed by atoms with Crippen molar-refractivity contribution in [2.75, 3.05) is 13.2 Å². The second kappa shape index (κ2) is 3.52. The van der Waals surface area contributed by atoms with E-state index in [4.69, 9.17) is 14.2 Å². The minimum Gasteiger partial charge on any atom is -0.373 e. The lowest BCUT2D eigenvalue weighted by atomic mass is 10.2. The lowest BCUT2D eigenvalue weighted by Gasteiger charge is -2.21. The minimum absolute atomic E-state index is 0.0780. The normalized spacial score (nSPS) is 25.9. The van der Waals surface area contributed by atoms with Gasteiger partial charge in [-0.3, -0.25) is 0 Å². The van der Waals surface area contributed by atoms with Gasteiger partial charge >= 0.3 is 0 Å². The number of ether oxygens (including phenoxy) is 3. The molecule has 1 aliphatic heterocycles. The summed E-state index contributed by atoms with van der Waals surface area (Å²) >= 11 is 0. The largest absolute Gasteiger partial charge is 0.373 e. The van der Waals surface area contributed by atoms with E-state index in [0.29, 0.717) is 13.2 Å². The van der Waals surface area contributed by atoms with Gasteiger partial charge in [0.25, 0.3) is 0 Å². The quantitative estimate of drug-likeness (QED) is 0.608. The number of rotatable bonds is 2. The van der Waals surface area contributed by atoms with Crippen molar-refractivity contribution in [3.05, 3.63) is 6.79 Å². The molecule has 0 aliphatic carbocycles. The van der Waals surface area contributed by atoms with Crippen LogP contribution in [0.1, 0.15) is 20.8 Å². The Balaban J connectivity index is 2.11. The molecule has 0 bridgehead atoms. The Labute approximate surface area is 67.6 Å². The third-order valence-corrected chi connectivity index (χ3v) is 1.30. The van der Waals surface area contributed by atoms with Gasteiger partial charge in [0.05, 0.1) is 18.8 Å². The van der Waals surface area contributed by atoms with Crippen molar-refractivity contribution < 1.29 is 14.2 Å². The van der Waals surface area contributed by atoms with Gasteiger partial charge in [-0.1, -0.05) is 0 Å². The fourth-order valence-corrected chi connectivity index (χ4v) is 0.734. The van der Waals surface area contributed by atoms with Crippen LogP contribution in [0.4, 0.5) is 0 Å². The van der Waals surface area contributed by atoms with Crippen LogP contribution in [0.2, 0.25) is 0 Å². The summed E-state index contributed by atoms with van der Waals surface area (Å²) in [6, 6.07) is 0. The van der Waals surface area contributed by atoms with E-state index < -0.39 is 0 Å². The predicted octanol–water partition coefficient (Wildman–Crippen LogP) is 1.34. The molecule has 1 fully saturated rings. The average Bonchev–Trinajstić information content (AvgIpc) is 2.32. The van der Waals surface area contributed by atoms with Crippen molar-refractivity contribution in [3.8, 4) is 0 Å². The van der Waals surface area contributed by atoms with E-state index in [1.807, 2.05) is 20.8 Å². The molecule has 0 aromatic rings. The molecule has 0 aromatic carbocycles. The summed E-state index contributed by atoms with van der Waals surface area (Å²) in [4.78, 5) is 0. The molecule has 1 unspecified atom stereocenters. The van der Waals surface area contributed by atoms with E-state index >= 15 is 0 Å². The van der Waals surface area contributed by atoms with Crippen molar-refractivity contribution in [1.29, 1.82) is 0 Å². The maximum atomic E-state index is 5.49. The zero-order valence-electron chi connectivity index (χ0n) is 7.29. The lowest BCUT2D eigenvalue weighted by Crippen LogP contribution is -2.27. The summed E-state index contributed by atoms with van der Waals surface area (Å²) < 4.78 is 15.5. The third-order valence-electron chi connectivity index (χ3n) is 1.30. The second-order valence-electron chi connectivity index (χ2n) is 3.61. The van der Waals surface area contributed by atoms with E-state index in [-0.39, 0.29) is 11.7 Å². The molecule has 1 rings (SSSR count). The highest BCUT2D eigenvalue weighted by atomic mass is 16.7. The minimum atomic E-state index is -0.0913. The van der Waals surface area contributed by atoms with Gasteiger partial charge in [-0.25, -0.2) is 0 Å². The van der Waals surface area contributed by atoms with Gasteiger partial charge in [-0.05, 0) is 20.8 Å². The van der Waals surface area contributed by atoms with Crippen LogP contribution in [0.3, 0.4) is 0 Å². The van der Waals surface area contributed by atoms with E-state index in [1.54, 1.807) is 0 Å². The Morgan fingerprint density at radius 2 is 2.27 bits per heavy atom. The van der Waals surface area contributed by atoms with Gasteiger partial charge in [0, 0.05) is 0 Å². The molecular formula is C8H15O3. The van der Waals surface area contributed by atoms with Crippen LogP contribution in [-0.2, 0) is 14.2 Å². The second-order valence-corrected chi connectivity index (χ2v) is 3.61. The highest BCUT2D eigenvalue weighted by molar-refractivity contribution is 4.66. The van der Waals surface area contributed by atoms with Crippen molar-refractivity contribution in [2.24, 2.45) is 0 Å². The molecule has 0 aromatic heterocycles. The van der Waals surface area contributed by atoms with Gasteiger partial charge in [-0.15, -0.1) is 0 Å². The molecule has 3 nitrogen and oxygen atoms in total. The molecule has 0 spiro atoms. The molecule has 1 aliphatic rings. The Morgan fingerprint density at radius 3 is 2.73 bits per heavy atom. The molecule has 1 heterocycles. The van der Waals surface area contributed by atoms with Gasteiger partial charge in [0.1, 0.15) is 6.10 Å². The van der Waals surface area contributed by atoms with Crippen LogP contribution in [0.25, 0.3) is 0 Å². The summed E-state index contributed by atoms with van der Waals surface area (Å²) in [5, 5.41) is 0. The fraction of sp³-hybridized carbons (Fsp3) is 0.875. The van der Waals surface area contributed by atoms with Gasteiger partial charge in [0.2, 0.25) is 6.79 Å². The molecule has 0 N–H and O–H groups in total. The maximum absolute atomic E-state index is 5.49. The standard InChI is InChI=1S/C8H15O3/c1-8(2,3)11-5-7-4-9-6-10-7/h6-7H,4-5H2,1-3H3. The highest BCUT2D eigenvalue weighted by Crippen LogP contribution is 2.12. The van der Waals surface area contributed by atoms with E-state index in [1.165, 1.54) is 6.79 Å². The zero-order chi connectivity index (χ0) is 8.32. The number of hydrogen-bond acceptors (Lipinski definition) is 3. The van der Waals surface area contributed by atoms with E-state index in [0.717, 1.165) is 0 Å². The molecule has 65 valence electrons. The smallest absolute Gasteiger partial charge is 0.209 e. The van der Waals surface area contributed by atoms with Crippen LogP contribution in [0, 0.1) is 6.79 Å². The van der Waals surface area contributed by atoms with Crippen LogP contribution in [0.15, 0.2) is 0 Å². The fourth-order valence-electron chi connectivity index (χ4n) is 0.734. The Kier molecular flexibility index (Phi) is 2.87. The topological polar surface area (TPSA) is 27.7 Å². The van der Waals surface area contributed by atoms with Gasteiger partial charge in [-0.2, -0.15) is 0 Å². The van der Waals surface area contributed by atoms with Crippen molar-refractivity contribution in [2.45, 2.75) is 32.5 Å². The summed E-state index contributed by atoms with van der Waals surface area (Å²) in [6.45, 7) is 8.64. The molecular weight excluding hydrogens is 144 g/mol. The first-order chi connectivity index (χ1) is 5.08. The molecule has 3 heteroatoms. The Morgan fingerprint density at radius 1 is 1.55 bits per heavy atom. The monoisotopic (exact) mass is 159 g/mol. The van der Waals surface area contributed by atoms with Crippen LogP contribution in [0.5, 0.6) is 0 Å². The van der Waals surface area contributed by atoms with Crippen molar-refractivity contribution >= 4 is 0 Å². The van der Waals surface area contributed by atoms with E-state index in [2.05, 4.69) is 0 Å². The molecule has 1 atom stereocenters. The molecule has 11 heavy (non-hydrogen) atoms. The molecule has 0 saturated carbocycles. The maximum Gasteiger partial charge on any atom is 0.209 e. The molecule has 1 saturated heterocycles. The summed E-state index contributed by atoms with van der Waals surface area (Å²) in [5.74, 6) is 0. The zero-order valence-corrected chi connectivity index (χ0v) is 7.29. The molecule has 0 amide bonds. The van der Waals surface area contributed by atoms with Crippen LogP contribution >= 0.6 is 0 Å². The number of hydrogen-bond donors (Lipinski definition) is 0. The van der Waals surface area contributed by atoms with Crippen LogP contribution < -0.4 is 0 Å².